The highest BCUT2D eigenvalue weighted by Crippen LogP contribution is 2.25. The molecule has 0 amide bonds. The van der Waals surface area contributed by atoms with Gasteiger partial charge in [-0.05, 0) is 37.0 Å². The molecule has 0 radical (unpaired) electrons. The van der Waals surface area contributed by atoms with E-state index in [1.165, 1.54) is 10.6 Å². The van der Waals surface area contributed by atoms with Crippen molar-refractivity contribution >= 4 is 33.1 Å². The second kappa shape index (κ2) is 6.34. The zero-order chi connectivity index (χ0) is 15.6. The number of nitrogens with zero attached hydrogens (tertiary/aromatic N) is 1. The summed E-state index contributed by atoms with van der Waals surface area (Å²) in [5, 5.41) is 0.430. The van der Waals surface area contributed by atoms with E-state index in [4.69, 9.17) is 17.3 Å². The fraction of sp³-hybridized carbons (Fsp3) is 0.500. The molecule has 1 unspecified atom stereocenters. The molecule has 0 aliphatic carbocycles. The summed E-state index contributed by atoms with van der Waals surface area (Å²) in [7, 11) is -3.19. The maximum Gasteiger partial charge on any atom is 0.211 e. The van der Waals surface area contributed by atoms with E-state index >= 15 is 0 Å². The number of nitrogens with two attached hydrogens (primary N) is 1. The summed E-state index contributed by atoms with van der Waals surface area (Å²) in [5.74, 6) is -0.00858. The Morgan fingerprint density at radius 1 is 1.43 bits per heavy atom. The highest BCUT2D eigenvalue weighted by Gasteiger charge is 2.27. The number of benzene rings is 1. The van der Waals surface area contributed by atoms with Gasteiger partial charge in [-0.3, -0.25) is 4.79 Å². The van der Waals surface area contributed by atoms with E-state index in [2.05, 4.69) is 0 Å². The van der Waals surface area contributed by atoms with Crippen LogP contribution in [-0.4, -0.2) is 37.9 Å². The fourth-order valence-corrected chi connectivity index (χ4v) is 3.83. The smallest absolute Gasteiger partial charge is 0.211 e. The second-order valence-electron chi connectivity index (χ2n) is 5.53. The lowest BCUT2D eigenvalue weighted by molar-refractivity contribution is 0.0942. The third kappa shape index (κ3) is 4.43. The Morgan fingerprint density at radius 3 is 2.76 bits per heavy atom. The number of Topliss-reactive ketones (excluding diaryl/α,β-unsaturated/α-hetero) is 1. The van der Waals surface area contributed by atoms with E-state index in [0.717, 1.165) is 12.8 Å². The molecule has 2 N–H and O–H groups in total. The lowest BCUT2D eigenvalue weighted by Crippen LogP contribution is -2.39. The highest BCUT2D eigenvalue weighted by molar-refractivity contribution is 7.88. The number of piperidine rings is 1. The van der Waals surface area contributed by atoms with Gasteiger partial charge in [0.1, 0.15) is 0 Å². The van der Waals surface area contributed by atoms with Gasteiger partial charge in [0.2, 0.25) is 10.0 Å². The summed E-state index contributed by atoms with van der Waals surface area (Å²) in [6.07, 6.45) is 3.15. The number of ketones is 1. The van der Waals surface area contributed by atoms with Gasteiger partial charge in [-0.25, -0.2) is 12.7 Å². The quantitative estimate of drug-likeness (QED) is 0.677. The van der Waals surface area contributed by atoms with E-state index < -0.39 is 10.0 Å². The third-order valence-electron chi connectivity index (χ3n) is 3.67. The van der Waals surface area contributed by atoms with Crippen LogP contribution < -0.4 is 5.73 Å². The molecule has 1 aromatic carbocycles. The molecular weight excluding hydrogens is 312 g/mol. The van der Waals surface area contributed by atoms with Crippen LogP contribution in [0.2, 0.25) is 5.02 Å². The lowest BCUT2D eigenvalue weighted by Gasteiger charge is -2.30. The van der Waals surface area contributed by atoms with Gasteiger partial charge in [0.05, 0.1) is 6.26 Å². The molecule has 1 heterocycles. The summed E-state index contributed by atoms with van der Waals surface area (Å²) >= 11 is 5.90. The number of rotatable bonds is 4. The van der Waals surface area contributed by atoms with Gasteiger partial charge in [0.25, 0.3) is 0 Å². The molecule has 2 rings (SSSR count). The van der Waals surface area contributed by atoms with Crippen LogP contribution in [0.25, 0.3) is 0 Å². The van der Waals surface area contributed by atoms with Crippen molar-refractivity contribution in [2.45, 2.75) is 19.3 Å². The number of sulfonamides is 1. The van der Waals surface area contributed by atoms with E-state index in [-0.39, 0.29) is 11.7 Å². The SMILES string of the molecule is CS(=O)(=O)N1CCCC(CC(=O)c2cc(N)cc(Cl)c2)C1. The van der Waals surface area contributed by atoms with Crippen molar-refractivity contribution in [3.05, 3.63) is 28.8 Å². The minimum atomic E-state index is -3.19. The molecule has 1 aliphatic rings. The first-order chi connectivity index (χ1) is 9.75. The predicted molar refractivity (Wildman–Crippen MR) is 84.0 cm³/mol. The van der Waals surface area contributed by atoms with Gasteiger partial charge in [0.15, 0.2) is 5.78 Å². The van der Waals surface area contributed by atoms with Crippen LogP contribution in [0.5, 0.6) is 0 Å². The average Bonchev–Trinajstić information content (AvgIpc) is 2.37. The van der Waals surface area contributed by atoms with Crippen molar-refractivity contribution in [3.8, 4) is 0 Å². The van der Waals surface area contributed by atoms with E-state index in [1.807, 2.05) is 0 Å². The molecule has 1 aliphatic heterocycles. The van der Waals surface area contributed by atoms with Gasteiger partial charge in [-0.15, -0.1) is 0 Å². The lowest BCUT2D eigenvalue weighted by atomic mass is 9.92. The molecule has 0 aromatic heterocycles. The van der Waals surface area contributed by atoms with E-state index in [1.54, 1.807) is 18.2 Å². The molecule has 1 saturated heterocycles. The number of hydrogen-bond donors (Lipinski definition) is 1. The number of anilines is 1. The van der Waals surface area contributed by atoms with Gasteiger partial charge >= 0.3 is 0 Å². The van der Waals surface area contributed by atoms with E-state index in [0.29, 0.717) is 35.8 Å². The standard InChI is InChI=1S/C14H19ClN2O3S/c1-21(19,20)17-4-2-3-10(9-17)5-14(18)11-6-12(15)8-13(16)7-11/h6-8,10H,2-5,9,16H2,1H3. The number of nitrogen functional groups attached to an aromatic ring is 1. The van der Waals surface area contributed by atoms with Crippen LogP contribution in [0.4, 0.5) is 5.69 Å². The van der Waals surface area contributed by atoms with Crippen LogP contribution in [-0.2, 0) is 10.0 Å². The van der Waals surface area contributed by atoms with Crippen molar-refractivity contribution in [3.63, 3.8) is 0 Å². The van der Waals surface area contributed by atoms with Crippen molar-refractivity contribution in [1.29, 1.82) is 0 Å². The molecule has 0 saturated carbocycles. The first-order valence-corrected chi connectivity index (χ1v) is 9.03. The van der Waals surface area contributed by atoms with Crippen LogP contribution in [0, 0.1) is 5.92 Å². The predicted octanol–water partition coefficient (Wildman–Crippen LogP) is 2.17. The van der Waals surface area contributed by atoms with Gasteiger partial charge in [-0.2, -0.15) is 0 Å². The maximum absolute atomic E-state index is 12.3. The molecule has 1 fully saturated rings. The largest absolute Gasteiger partial charge is 0.399 e. The molecule has 0 bridgehead atoms. The molecule has 1 aromatic rings. The maximum atomic E-state index is 12.3. The van der Waals surface area contributed by atoms with Crippen LogP contribution in [0.1, 0.15) is 29.6 Å². The fourth-order valence-electron chi connectivity index (χ4n) is 2.65. The molecule has 7 heteroatoms. The van der Waals surface area contributed by atoms with Crippen LogP contribution in [0.15, 0.2) is 18.2 Å². The molecule has 116 valence electrons. The summed E-state index contributed by atoms with van der Waals surface area (Å²) in [6, 6.07) is 4.78. The Labute approximate surface area is 130 Å². The number of hydrogen-bond acceptors (Lipinski definition) is 4. The van der Waals surface area contributed by atoms with Crippen molar-refractivity contribution < 1.29 is 13.2 Å². The normalized spacial score (nSPS) is 20.4. The zero-order valence-corrected chi connectivity index (χ0v) is 13.5. The first-order valence-electron chi connectivity index (χ1n) is 6.80. The van der Waals surface area contributed by atoms with Gasteiger partial charge < -0.3 is 5.73 Å². The van der Waals surface area contributed by atoms with Gasteiger partial charge in [-0.1, -0.05) is 11.6 Å². The summed E-state index contributed by atoms with van der Waals surface area (Å²) in [6.45, 7) is 0.939. The topological polar surface area (TPSA) is 80.5 Å². The Kier molecular flexibility index (Phi) is 4.91. The van der Waals surface area contributed by atoms with Crippen LogP contribution >= 0.6 is 11.6 Å². The number of carbonyl (C=O) groups excluding carboxylic acids is 1. The molecule has 1 atom stereocenters. The summed E-state index contributed by atoms with van der Waals surface area (Å²) in [5.41, 5.74) is 6.62. The third-order valence-corrected chi connectivity index (χ3v) is 5.15. The van der Waals surface area contributed by atoms with E-state index in [9.17, 15) is 13.2 Å². The Bertz CT molecular complexity index is 625. The van der Waals surface area contributed by atoms with Crippen molar-refractivity contribution in [2.75, 3.05) is 25.1 Å². The van der Waals surface area contributed by atoms with Crippen molar-refractivity contribution in [2.24, 2.45) is 5.92 Å². The van der Waals surface area contributed by atoms with Gasteiger partial charge in [0, 0.05) is 35.8 Å². The summed E-state index contributed by atoms with van der Waals surface area (Å²) in [4.78, 5) is 12.3. The Morgan fingerprint density at radius 2 is 2.14 bits per heavy atom. The first kappa shape index (κ1) is 16.3. The number of halogens is 1. The molecule has 5 nitrogen and oxygen atoms in total. The second-order valence-corrected chi connectivity index (χ2v) is 7.95. The monoisotopic (exact) mass is 330 g/mol. The highest BCUT2D eigenvalue weighted by atomic mass is 35.5. The minimum Gasteiger partial charge on any atom is -0.399 e. The molecule has 21 heavy (non-hydrogen) atoms. The number of carbonyl (C=O) groups is 1. The summed E-state index contributed by atoms with van der Waals surface area (Å²) < 4.78 is 24.6. The van der Waals surface area contributed by atoms with Crippen LogP contribution in [0.3, 0.4) is 0 Å². The van der Waals surface area contributed by atoms with Crippen molar-refractivity contribution in [1.82, 2.24) is 4.31 Å². The Hall–Kier alpha value is -1.11. The zero-order valence-electron chi connectivity index (χ0n) is 11.9. The average molecular weight is 331 g/mol. The minimum absolute atomic E-state index is 0.0428. The Balaban J connectivity index is 2.05. The molecule has 0 spiro atoms. The molecular formula is C14H19ClN2O3S.